The zero-order valence-electron chi connectivity index (χ0n) is 17.5. The number of amides is 1. The maximum Gasteiger partial charge on any atom is 0.251 e. The lowest BCUT2D eigenvalue weighted by atomic mass is 9.92. The maximum absolute atomic E-state index is 14.3. The quantitative estimate of drug-likeness (QED) is 0.635. The van der Waals surface area contributed by atoms with Gasteiger partial charge >= 0.3 is 0 Å². The van der Waals surface area contributed by atoms with Crippen LogP contribution in [0.15, 0.2) is 54.7 Å². The number of hydrogen-bond donors (Lipinski definition) is 2. The Morgan fingerprint density at radius 2 is 1.97 bits per heavy atom. The van der Waals surface area contributed by atoms with Crippen molar-refractivity contribution in [3.63, 3.8) is 0 Å². The average molecular weight is 417 g/mol. The van der Waals surface area contributed by atoms with E-state index in [-0.39, 0.29) is 17.8 Å². The highest BCUT2D eigenvalue weighted by Crippen LogP contribution is 2.31. The molecule has 0 radical (unpaired) electrons. The molecule has 3 aromatic rings. The summed E-state index contributed by atoms with van der Waals surface area (Å²) in [6.07, 6.45) is 4.19. The van der Waals surface area contributed by atoms with E-state index >= 15 is 0 Å². The summed E-state index contributed by atoms with van der Waals surface area (Å²) >= 11 is 0. The lowest BCUT2D eigenvalue weighted by molar-refractivity contribution is 0.0932. The van der Waals surface area contributed by atoms with Gasteiger partial charge < -0.3 is 10.4 Å². The summed E-state index contributed by atoms with van der Waals surface area (Å²) in [5.41, 5.74) is 2.46. The second-order valence-electron chi connectivity index (χ2n) is 8.21. The van der Waals surface area contributed by atoms with Crippen LogP contribution in [0.5, 0.6) is 0 Å². The Morgan fingerprint density at radius 3 is 2.68 bits per heavy atom. The molecule has 158 valence electrons. The van der Waals surface area contributed by atoms with Crippen LogP contribution >= 0.6 is 0 Å². The first kappa shape index (κ1) is 20.8. The van der Waals surface area contributed by atoms with E-state index in [0.717, 1.165) is 36.1 Å². The van der Waals surface area contributed by atoms with Crippen LogP contribution in [0.25, 0.3) is 5.69 Å². The fourth-order valence-corrected chi connectivity index (χ4v) is 3.71. The summed E-state index contributed by atoms with van der Waals surface area (Å²) in [6.45, 7) is 3.24. The van der Waals surface area contributed by atoms with Gasteiger partial charge in [0.1, 0.15) is 17.1 Å². The highest BCUT2D eigenvalue weighted by atomic mass is 19.1. The van der Waals surface area contributed by atoms with Crippen molar-refractivity contribution in [2.24, 2.45) is 0 Å². The number of para-hydroxylation sites is 1. The number of fused-ring (bicyclic) bond motifs is 1. The summed E-state index contributed by atoms with van der Waals surface area (Å²) in [4.78, 5) is 12.8. The minimum atomic E-state index is -1.07. The summed E-state index contributed by atoms with van der Waals surface area (Å²) in [7, 11) is 0. The minimum absolute atomic E-state index is 0.175. The number of nitrogens with one attached hydrogen (secondary N) is 1. The zero-order chi connectivity index (χ0) is 22.0. The molecule has 1 aromatic heterocycles. The normalized spacial score (nSPS) is 15.5. The standard InChI is InChI=1S/C25H24FN3O2/c1-25(2,31)15-14-17-10-12-18(13-11-17)24(30)28-21-7-5-9-22-19(21)16-27-29(22)23-8-4-3-6-20(23)26/h3-4,6,8,10-13,16,21,31H,5,7,9H2,1-2H3,(H,28,30)/t21-/m1/s1. The number of halogens is 1. The topological polar surface area (TPSA) is 67.2 Å². The van der Waals surface area contributed by atoms with E-state index in [1.54, 1.807) is 67.2 Å². The van der Waals surface area contributed by atoms with Gasteiger partial charge in [0.2, 0.25) is 0 Å². The van der Waals surface area contributed by atoms with E-state index in [4.69, 9.17) is 0 Å². The Hall–Kier alpha value is -3.43. The van der Waals surface area contributed by atoms with E-state index in [2.05, 4.69) is 22.3 Å². The van der Waals surface area contributed by atoms with Crippen LogP contribution in [-0.4, -0.2) is 26.4 Å². The molecule has 1 atom stereocenters. The SMILES string of the molecule is CC(C)(O)C#Cc1ccc(C(=O)N[C@@H]2CCCc3c2cnn3-c2ccccc2F)cc1. The Balaban J connectivity index is 1.52. The van der Waals surface area contributed by atoms with Crippen LogP contribution in [0.3, 0.4) is 0 Å². The van der Waals surface area contributed by atoms with Crippen molar-refractivity contribution < 1.29 is 14.3 Å². The van der Waals surface area contributed by atoms with Crippen LogP contribution < -0.4 is 5.32 Å². The van der Waals surface area contributed by atoms with E-state index < -0.39 is 5.60 Å². The van der Waals surface area contributed by atoms with Crippen molar-refractivity contribution in [1.29, 1.82) is 0 Å². The molecular weight excluding hydrogens is 393 g/mol. The molecule has 0 spiro atoms. The number of hydrogen-bond acceptors (Lipinski definition) is 3. The van der Waals surface area contributed by atoms with Crippen molar-refractivity contribution in [2.75, 3.05) is 0 Å². The molecule has 0 bridgehead atoms. The maximum atomic E-state index is 14.3. The molecule has 5 nitrogen and oxygen atoms in total. The molecule has 1 amide bonds. The van der Waals surface area contributed by atoms with Gasteiger partial charge in [0.25, 0.3) is 5.91 Å². The van der Waals surface area contributed by atoms with E-state index in [1.165, 1.54) is 6.07 Å². The molecular formula is C25H24FN3O2. The molecule has 1 aliphatic rings. The molecule has 1 aliphatic carbocycles. The summed E-state index contributed by atoms with van der Waals surface area (Å²) < 4.78 is 15.9. The van der Waals surface area contributed by atoms with Crippen molar-refractivity contribution >= 4 is 5.91 Å². The zero-order valence-corrected chi connectivity index (χ0v) is 17.5. The van der Waals surface area contributed by atoms with Gasteiger partial charge in [0.05, 0.1) is 12.2 Å². The minimum Gasteiger partial charge on any atom is -0.378 e. The van der Waals surface area contributed by atoms with Gasteiger partial charge in [-0.25, -0.2) is 9.07 Å². The van der Waals surface area contributed by atoms with Crippen LogP contribution in [0.4, 0.5) is 4.39 Å². The lowest BCUT2D eigenvalue weighted by Crippen LogP contribution is -2.31. The third-order valence-electron chi connectivity index (χ3n) is 5.23. The summed E-state index contributed by atoms with van der Waals surface area (Å²) in [5, 5.41) is 17.2. The first-order chi connectivity index (χ1) is 14.8. The molecule has 2 aromatic carbocycles. The fourth-order valence-electron chi connectivity index (χ4n) is 3.71. The van der Waals surface area contributed by atoms with Gasteiger partial charge in [-0.05, 0) is 69.5 Å². The third kappa shape index (κ3) is 4.68. The number of aromatic nitrogens is 2. The molecule has 0 unspecified atom stereocenters. The van der Waals surface area contributed by atoms with Crippen molar-refractivity contribution in [2.45, 2.75) is 44.8 Å². The van der Waals surface area contributed by atoms with E-state index in [1.807, 2.05) is 0 Å². The smallest absolute Gasteiger partial charge is 0.251 e. The number of carbonyl (C=O) groups excluding carboxylic acids is 1. The first-order valence-corrected chi connectivity index (χ1v) is 10.3. The van der Waals surface area contributed by atoms with Crippen molar-refractivity contribution in [1.82, 2.24) is 15.1 Å². The fraction of sp³-hybridized carbons (Fsp3) is 0.280. The number of aliphatic hydroxyl groups is 1. The van der Waals surface area contributed by atoms with Crippen LogP contribution in [0.1, 0.15) is 59.9 Å². The Bertz CT molecular complexity index is 1160. The molecule has 6 heteroatoms. The summed E-state index contributed by atoms with van der Waals surface area (Å²) in [5.74, 6) is 5.14. The highest BCUT2D eigenvalue weighted by Gasteiger charge is 2.27. The predicted octanol–water partition coefficient (Wildman–Crippen LogP) is 3.94. The number of carbonyl (C=O) groups is 1. The van der Waals surface area contributed by atoms with Crippen molar-refractivity contribution in [3.8, 4) is 17.5 Å². The van der Waals surface area contributed by atoms with Gasteiger partial charge in [-0.1, -0.05) is 24.0 Å². The van der Waals surface area contributed by atoms with Gasteiger partial charge in [-0.2, -0.15) is 5.10 Å². The molecule has 1 heterocycles. The molecule has 0 saturated heterocycles. The monoisotopic (exact) mass is 417 g/mol. The van der Waals surface area contributed by atoms with Gasteiger partial charge in [0, 0.05) is 22.4 Å². The molecule has 4 rings (SSSR count). The number of nitrogens with zero attached hydrogens (tertiary/aromatic N) is 2. The molecule has 31 heavy (non-hydrogen) atoms. The number of benzene rings is 2. The second-order valence-corrected chi connectivity index (χ2v) is 8.21. The van der Waals surface area contributed by atoms with Gasteiger partial charge in [-0.15, -0.1) is 0 Å². The lowest BCUT2D eigenvalue weighted by Gasteiger charge is -2.24. The van der Waals surface area contributed by atoms with Crippen LogP contribution in [0.2, 0.25) is 0 Å². The largest absolute Gasteiger partial charge is 0.378 e. The van der Waals surface area contributed by atoms with Crippen LogP contribution in [-0.2, 0) is 6.42 Å². The molecule has 0 fully saturated rings. The summed E-state index contributed by atoms with van der Waals surface area (Å²) in [6, 6.07) is 13.3. The van der Waals surface area contributed by atoms with Crippen LogP contribution in [0, 0.1) is 17.7 Å². The van der Waals surface area contributed by atoms with Crippen molar-refractivity contribution in [3.05, 3.63) is 82.9 Å². The highest BCUT2D eigenvalue weighted by molar-refractivity contribution is 5.94. The first-order valence-electron chi connectivity index (χ1n) is 10.3. The van der Waals surface area contributed by atoms with Gasteiger partial charge in [0.15, 0.2) is 0 Å². The predicted molar refractivity (Wildman–Crippen MR) is 116 cm³/mol. The van der Waals surface area contributed by atoms with Gasteiger partial charge in [-0.3, -0.25) is 4.79 Å². The molecule has 2 N–H and O–H groups in total. The Labute approximate surface area is 180 Å². The van der Waals surface area contributed by atoms with E-state index in [9.17, 15) is 14.3 Å². The van der Waals surface area contributed by atoms with E-state index in [0.29, 0.717) is 11.3 Å². The number of rotatable bonds is 3. The molecule has 0 saturated carbocycles. The third-order valence-corrected chi connectivity index (χ3v) is 5.23. The average Bonchev–Trinajstić information content (AvgIpc) is 3.17. The Morgan fingerprint density at radius 1 is 1.23 bits per heavy atom. The molecule has 0 aliphatic heterocycles. The second kappa shape index (κ2) is 8.37. The Kier molecular flexibility index (Phi) is 5.62.